The van der Waals surface area contributed by atoms with Crippen molar-refractivity contribution >= 4 is 29.2 Å². The van der Waals surface area contributed by atoms with Gasteiger partial charge in [-0.15, -0.1) is 0 Å². The Bertz CT molecular complexity index is 752. The molecule has 1 aromatic carbocycles. The van der Waals surface area contributed by atoms with Crippen molar-refractivity contribution in [2.24, 2.45) is 0 Å². The third kappa shape index (κ3) is 3.74. The van der Waals surface area contributed by atoms with Gasteiger partial charge in [-0.1, -0.05) is 24.3 Å². The van der Waals surface area contributed by atoms with Crippen LogP contribution in [-0.4, -0.2) is 23.3 Å². The number of rotatable bonds is 5. The predicted molar refractivity (Wildman–Crippen MR) is 96.4 cm³/mol. The van der Waals surface area contributed by atoms with Gasteiger partial charge < -0.3 is 10.2 Å². The number of hydrogen-bond acceptors (Lipinski definition) is 3. The molecule has 0 spiro atoms. The molecule has 1 aliphatic heterocycles. The summed E-state index contributed by atoms with van der Waals surface area (Å²) in [5.74, 6) is -0.0941. The van der Waals surface area contributed by atoms with E-state index in [1.807, 2.05) is 35.7 Å². The van der Waals surface area contributed by atoms with Crippen LogP contribution in [0.4, 0.5) is 0 Å². The number of nitrogens with zero attached hydrogens (tertiary/aromatic N) is 1. The molecule has 1 atom stereocenters. The average molecular weight is 340 g/mol. The SMILES string of the molecule is CC(=O)N1C=Cc2ccccc2C1CC(=O)NCCc1ccsc1. The number of hydrogen-bond donors (Lipinski definition) is 1. The number of amides is 2. The van der Waals surface area contributed by atoms with Crippen LogP contribution in [0.1, 0.15) is 36.1 Å². The molecule has 2 amide bonds. The Morgan fingerprint density at radius 1 is 1.25 bits per heavy atom. The van der Waals surface area contributed by atoms with E-state index in [0.717, 1.165) is 17.5 Å². The van der Waals surface area contributed by atoms with Crippen LogP contribution in [0.3, 0.4) is 0 Å². The molecular weight excluding hydrogens is 320 g/mol. The van der Waals surface area contributed by atoms with Crippen LogP contribution in [0.2, 0.25) is 0 Å². The van der Waals surface area contributed by atoms with Gasteiger partial charge in [-0.2, -0.15) is 11.3 Å². The Morgan fingerprint density at radius 3 is 2.83 bits per heavy atom. The van der Waals surface area contributed by atoms with Gasteiger partial charge in [0, 0.05) is 19.7 Å². The van der Waals surface area contributed by atoms with Gasteiger partial charge >= 0.3 is 0 Å². The van der Waals surface area contributed by atoms with Crippen molar-refractivity contribution in [2.75, 3.05) is 6.54 Å². The number of thiophene rings is 1. The van der Waals surface area contributed by atoms with E-state index >= 15 is 0 Å². The van der Waals surface area contributed by atoms with Gasteiger partial charge in [0.1, 0.15) is 0 Å². The van der Waals surface area contributed by atoms with E-state index in [0.29, 0.717) is 6.54 Å². The molecular formula is C19H20N2O2S. The predicted octanol–water partition coefficient (Wildman–Crippen LogP) is 3.37. The quantitative estimate of drug-likeness (QED) is 0.907. The van der Waals surface area contributed by atoms with Crippen LogP contribution < -0.4 is 5.32 Å². The summed E-state index contributed by atoms with van der Waals surface area (Å²) in [6.07, 6.45) is 4.78. The van der Waals surface area contributed by atoms with Gasteiger partial charge in [-0.3, -0.25) is 9.59 Å². The molecule has 2 aromatic rings. The van der Waals surface area contributed by atoms with Crippen LogP contribution in [-0.2, 0) is 16.0 Å². The summed E-state index contributed by atoms with van der Waals surface area (Å²) in [4.78, 5) is 25.9. The molecule has 0 fully saturated rings. The molecule has 1 unspecified atom stereocenters. The number of benzene rings is 1. The van der Waals surface area contributed by atoms with Crippen molar-refractivity contribution in [3.05, 3.63) is 64.0 Å². The highest BCUT2D eigenvalue weighted by molar-refractivity contribution is 7.07. The van der Waals surface area contributed by atoms with E-state index in [-0.39, 0.29) is 24.3 Å². The maximum atomic E-state index is 12.3. The Hall–Kier alpha value is -2.40. The number of carbonyl (C=O) groups excluding carboxylic acids is 2. The fourth-order valence-corrected chi connectivity index (χ4v) is 3.65. The van der Waals surface area contributed by atoms with Gasteiger partial charge in [0.25, 0.3) is 0 Å². The number of carbonyl (C=O) groups is 2. The monoisotopic (exact) mass is 340 g/mol. The average Bonchev–Trinajstić information content (AvgIpc) is 3.08. The Balaban J connectivity index is 1.65. The topological polar surface area (TPSA) is 49.4 Å². The molecule has 1 aromatic heterocycles. The standard InChI is InChI=1S/C19H20N2O2S/c1-14(22)21-10-7-16-4-2-3-5-17(16)18(21)12-19(23)20-9-6-15-8-11-24-13-15/h2-5,7-8,10-11,13,18H,6,9,12H2,1H3,(H,20,23). The smallest absolute Gasteiger partial charge is 0.223 e. The van der Waals surface area contributed by atoms with E-state index in [2.05, 4.69) is 16.8 Å². The zero-order valence-corrected chi connectivity index (χ0v) is 14.4. The summed E-state index contributed by atoms with van der Waals surface area (Å²) >= 11 is 1.66. The summed E-state index contributed by atoms with van der Waals surface area (Å²) in [5, 5.41) is 7.09. The molecule has 0 radical (unpaired) electrons. The second-order valence-electron chi connectivity index (χ2n) is 5.82. The first-order valence-corrected chi connectivity index (χ1v) is 8.93. The van der Waals surface area contributed by atoms with Crippen molar-refractivity contribution in [1.82, 2.24) is 10.2 Å². The molecule has 0 bridgehead atoms. The van der Waals surface area contributed by atoms with Crippen molar-refractivity contribution in [2.45, 2.75) is 25.8 Å². The van der Waals surface area contributed by atoms with Gasteiger partial charge in [0.15, 0.2) is 0 Å². The summed E-state index contributed by atoms with van der Waals surface area (Å²) in [7, 11) is 0. The lowest BCUT2D eigenvalue weighted by Gasteiger charge is -2.32. The third-order valence-corrected chi connectivity index (χ3v) is 4.90. The van der Waals surface area contributed by atoms with E-state index in [9.17, 15) is 9.59 Å². The van der Waals surface area contributed by atoms with Crippen LogP contribution in [0.25, 0.3) is 6.08 Å². The molecule has 24 heavy (non-hydrogen) atoms. The summed E-state index contributed by atoms with van der Waals surface area (Å²) < 4.78 is 0. The third-order valence-electron chi connectivity index (χ3n) is 4.16. The lowest BCUT2D eigenvalue weighted by molar-refractivity contribution is -0.129. The molecule has 5 heteroatoms. The summed E-state index contributed by atoms with van der Waals surface area (Å²) in [6, 6.07) is 9.71. The van der Waals surface area contributed by atoms with Crippen LogP contribution in [0.15, 0.2) is 47.3 Å². The zero-order valence-electron chi connectivity index (χ0n) is 13.6. The minimum Gasteiger partial charge on any atom is -0.356 e. The van der Waals surface area contributed by atoms with Gasteiger partial charge in [0.2, 0.25) is 11.8 Å². The lowest BCUT2D eigenvalue weighted by Crippen LogP contribution is -2.35. The molecule has 0 saturated carbocycles. The first kappa shape index (κ1) is 16.5. The molecule has 124 valence electrons. The van der Waals surface area contributed by atoms with E-state index in [1.165, 1.54) is 12.5 Å². The van der Waals surface area contributed by atoms with E-state index in [1.54, 1.807) is 22.4 Å². The summed E-state index contributed by atoms with van der Waals surface area (Å²) in [5.41, 5.74) is 3.31. The minimum atomic E-state index is -0.246. The highest BCUT2D eigenvalue weighted by Crippen LogP contribution is 2.32. The van der Waals surface area contributed by atoms with Crippen molar-refractivity contribution in [3.63, 3.8) is 0 Å². The molecule has 0 saturated heterocycles. The van der Waals surface area contributed by atoms with Crippen LogP contribution in [0, 0.1) is 0 Å². The van der Waals surface area contributed by atoms with Crippen LogP contribution in [0.5, 0.6) is 0 Å². The molecule has 3 rings (SSSR count). The minimum absolute atomic E-state index is 0.0356. The van der Waals surface area contributed by atoms with Crippen molar-refractivity contribution in [3.8, 4) is 0 Å². The first-order valence-electron chi connectivity index (χ1n) is 7.99. The van der Waals surface area contributed by atoms with E-state index < -0.39 is 0 Å². The normalized spacial score (nSPS) is 15.9. The Labute approximate surface area is 145 Å². The fraction of sp³-hybridized carbons (Fsp3) is 0.263. The Kier molecular flexibility index (Phi) is 5.11. The second kappa shape index (κ2) is 7.45. The maximum absolute atomic E-state index is 12.3. The van der Waals surface area contributed by atoms with Crippen LogP contribution >= 0.6 is 11.3 Å². The van der Waals surface area contributed by atoms with Gasteiger partial charge in [-0.05, 0) is 46.0 Å². The van der Waals surface area contributed by atoms with Gasteiger partial charge in [-0.25, -0.2) is 0 Å². The number of fused-ring (bicyclic) bond motifs is 1. The highest BCUT2D eigenvalue weighted by Gasteiger charge is 2.27. The molecule has 4 nitrogen and oxygen atoms in total. The largest absolute Gasteiger partial charge is 0.356 e. The molecule has 1 aliphatic rings. The summed E-state index contributed by atoms with van der Waals surface area (Å²) in [6.45, 7) is 2.14. The first-order chi connectivity index (χ1) is 11.6. The second-order valence-corrected chi connectivity index (χ2v) is 6.60. The Morgan fingerprint density at radius 2 is 2.08 bits per heavy atom. The highest BCUT2D eigenvalue weighted by atomic mass is 32.1. The number of nitrogens with one attached hydrogen (secondary N) is 1. The van der Waals surface area contributed by atoms with Crippen molar-refractivity contribution < 1.29 is 9.59 Å². The zero-order chi connectivity index (χ0) is 16.9. The maximum Gasteiger partial charge on any atom is 0.223 e. The van der Waals surface area contributed by atoms with Gasteiger partial charge in [0.05, 0.1) is 12.5 Å². The molecule has 0 aliphatic carbocycles. The molecule has 2 heterocycles. The fourth-order valence-electron chi connectivity index (χ4n) is 2.94. The van der Waals surface area contributed by atoms with E-state index in [4.69, 9.17) is 0 Å². The van der Waals surface area contributed by atoms with Crippen molar-refractivity contribution in [1.29, 1.82) is 0 Å². The molecule has 1 N–H and O–H groups in total. The lowest BCUT2D eigenvalue weighted by atomic mass is 9.93.